The fourth-order valence-corrected chi connectivity index (χ4v) is 3.95. The molecule has 4 nitrogen and oxygen atoms in total. The molecule has 20 heavy (non-hydrogen) atoms. The van der Waals surface area contributed by atoms with E-state index in [0.29, 0.717) is 22.7 Å². The molecule has 1 aromatic heterocycles. The lowest BCUT2D eigenvalue weighted by molar-refractivity contribution is -0.143. The van der Waals surface area contributed by atoms with Crippen LogP contribution in [0, 0.1) is 16.7 Å². The Hall–Kier alpha value is -1.10. The molecule has 1 aliphatic carbocycles. The molecular weight excluding hydrogens is 272 g/mol. The van der Waals surface area contributed by atoms with Crippen molar-refractivity contribution in [2.24, 2.45) is 11.3 Å². The minimum absolute atomic E-state index is 0.179. The number of hydrogen-bond donors (Lipinski definition) is 1. The normalized spacial score (nSPS) is 18.7. The van der Waals surface area contributed by atoms with Crippen molar-refractivity contribution in [3.63, 3.8) is 0 Å². The smallest absolute Gasteiger partial charge is 0.326 e. The van der Waals surface area contributed by atoms with Crippen molar-refractivity contribution in [3.05, 3.63) is 15.4 Å². The molecule has 0 aliphatic heterocycles. The molecule has 0 amide bonds. The van der Waals surface area contributed by atoms with Crippen molar-refractivity contribution in [1.29, 1.82) is 5.41 Å². The third-order valence-electron chi connectivity index (χ3n) is 4.09. The summed E-state index contributed by atoms with van der Waals surface area (Å²) in [6.07, 6.45) is 3.13. The Morgan fingerprint density at radius 1 is 1.50 bits per heavy atom. The third kappa shape index (κ3) is 3.14. The third-order valence-corrected chi connectivity index (χ3v) is 5.15. The summed E-state index contributed by atoms with van der Waals surface area (Å²) in [7, 11) is 0. The average Bonchev–Trinajstić information content (AvgIpc) is 2.64. The Morgan fingerprint density at radius 2 is 2.20 bits per heavy atom. The van der Waals surface area contributed by atoms with Crippen LogP contribution in [-0.4, -0.2) is 17.1 Å². The van der Waals surface area contributed by atoms with Gasteiger partial charge >= 0.3 is 5.97 Å². The molecule has 0 saturated carbocycles. The highest BCUT2D eigenvalue weighted by molar-refractivity contribution is 7.09. The van der Waals surface area contributed by atoms with Gasteiger partial charge in [0.25, 0.3) is 0 Å². The summed E-state index contributed by atoms with van der Waals surface area (Å²) in [6.45, 7) is 9.23. The minimum Gasteiger partial charge on any atom is -0.465 e. The number of fused-ring (bicyclic) bond motifs is 1. The first-order valence-corrected chi connectivity index (χ1v) is 8.06. The number of nitrogens with zero attached hydrogens (tertiary/aromatic N) is 1. The van der Waals surface area contributed by atoms with Gasteiger partial charge in [-0.05, 0) is 37.5 Å². The van der Waals surface area contributed by atoms with Crippen LogP contribution in [0.25, 0.3) is 0 Å². The number of esters is 1. The standard InChI is InChI=1S/C15H24N2O2S/c1-5-19-13(18)9-17-11-7-6-10(15(2,3)4)8-12(11)20-14(17)16/h10,16H,5-9H2,1-4H3/t10-/m1/s1. The zero-order chi connectivity index (χ0) is 14.9. The van der Waals surface area contributed by atoms with Crippen LogP contribution in [0.15, 0.2) is 0 Å². The maximum absolute atomic E-state index is 11.7. The van der Waals surface area contributed by atoms with E-state index < -0.39 is 0 Å². The van der Waals surface area contributed by atoms with E-state index in [-0.39, 0.29) is 12.5 Å². The molecule has 0 bridgehead atoms. The molecule has 0 radical (unpaired) electrons. The molecule has 1 heterocycles. The fourth-order valence-electron chi connectivity index (χ4n) is 2.82. The van der Waals surface area contributed by atoms with Crippen molar-refractivity contribution in [1.82, 2.24) is 4.57 Å². The Morgan fingerprint density at radius 3 is 2.80 bits per heavy atom. The topological polar surface area (TPSA) is 55.1 Å². The number of carbonyl (C=O) groups excluding carboxylic acids is 1. The van der Waals surface area contributed by atoms with E-state index in [9.17, 15) is 4.79 Å². The molecule has 1 aromatic rings. The van der Waals surface area contributed by atoms with E-state index in [1.54, 1.807) is 6.92 Å². The number of nitrogens with one attached hydrogen (secondary N) is 1. The number of hydrogen-bond acceptors (Lipinski definition) is 4. The van der Waals surface area contributed by atoms with Crippen LogP contribution in [0.2, 0.25) is 0 Å². The summed E-state index contributed by atoms with van der Waals surface area (Å²) in [5, 5.41) is 8.09. The largest absolute Gasteiger partial charge is 0.465 e. The summed E-state index contributed by atoms with van der Waals surface area (Å²) in [6, 6.07) is 0. The van der Waals surface area contributed by atoms with Crippen molar-refractivity contribution in [2.45, 2.75) is 53.5 Å². The zero-order valence-corrected chi connectivity index (χ0v) is 13.6. The monoisotopic (exact) mass is 296 g/mol. The van der Waals surface area contributed by atoms with E-state index in [0.717, 1.165) is 19.3 Å². The van der Waals surface area contributed by atoms with Crippen LogP contribution in [0.4, 0.5) is 0 Å². The SMILES string of the molecule is CCOC(=O)Cn1c2c(sc1=N)C[C@H](C(C)(C)C)CC2. The quantitative estimate of drug-likeness (QED) is 0.872. The molecule has 0 saturated heterocycles. The molecule has 112 valence electrons. The first-order chi connectivity index (χ1) is 9.32. The highest BCUT2D eigenvalue weighted by Crippen LogP contribution is 2.38. The van der Waals surface area contributed by atoms with Gasteiger partial charge in [-0.2, -0.15) is 0 Å². The van der Waals surface area contributed by atoms with Gasteiger partial charge in [-0.3, -0.25) is 10.2 Å². The summed E-state index contributed by atoms with van der Waals surface area (Å²) in [5.74, 6) is 0.411. The average molecular weight is 296 g/mol. The van der Waals surface area contributed by atoms with E-state index in [1.165, 1.54) is 21.9 Å². The van der Waals surface area contributed by atoms with E-state index in [2.05, 4.69) is 20.8 Å². The summed E-state index contributed by atoms with van der Waals surface area (Å²) >= 11 is 1.52. The summed E-state index contributed by atoms with van der Waals surface area (Å²) in [5.41, 5.74) is 1.48. The van der Waals surface area contributed by atoms with Gasteiger partial charge in [0.2, 0.25) is 0 Å². The summed E-state index contributed by atoms with van der Waals surface area (Å²) < 4.78 is 6.83. The first kappa shape index (κ1) is 15.3. The first-order valence-electron chi connectivity index (χ1n) is 7.24. The molecule has 5 heteroatoms. The molecular formula is C15H24N2O2S. The van der Waals surface area contributed by atoms with Gasteiger partial charge < -0.3 is 9.30 Å². The van der Waals surface area contributed by atoms with E-state index in [4.69, 9.17) is 10.1 Å². The number of aromatic nitrogens is 1. The number of rotatable bonds is 3. The Bertz CT molecular complexity index is 551. The second-order valence-corrected chi connectivity index (χ2v) is 7.56. The second-order valence-electron chi connectivity index (χ2n) is 6.47. The van der Waals surface area contributed by atoms with Crippen molar-refractivity contribution < 1.29 is 9.53 Å². The van der Waals surface area contributed by atoms with Gasteiger partial charge in [-0.1, -0.05) is 20.8 Å². The number of carbonyl (C=O) groups is 1. The van der Waals surface area contributed by atoms with Gasteiger partial charge in [-0.25, -0.2) is 0 Å². The van der Waals surface area contributed by atoms with Crippen molar-refractivity contribution in [2.75, 3.05) is 6.61 Å². The van der Waals surface area contributed by atoms with Crippen LogP contribution in [0.1, 0.15) is 44.7 Å². The Labute approximate surface area is 124 Å². The van der Waals surface area contributed by atoms with Crippen LogP contribution in [0.3, 0.4) is 0 Å². The molecule has 1 atom stereocenters. The van der Waals surface area contributed by atoms with Gasteiger partial charge in [0, 0.05) is 10.6 Å². The molecule has 0 aromatic carbocycles. The fraction of sp³-hybridized carbons (Fsp3) is 0.733. The van der Waals surface area contributed by atoms with Gasteiger partial charge in [0.1, 0.15) is 6.54 Å². The Kier molecular flexibility index (Phi) is 4.37. The molecule has 0 fully saturated rings. The number of ether oxygens (including phenoxy) is 1. The molecule has 1 aliphatic rings. The lowest BCUT2D eigenvalue weighted by Gasteiger charge is -2.33. The van der Waals surface area contributed by atoms with Crippen LogP contribution in [-0.2, 0) is 28.9 Å². The molecule has 2 rings (SSSR count). The van der Waals surface area contributed by atoms with Gasteiger partial charge in [0.15, 0.2) is 4.80 Å². The van der Waals surface area contributed by atoms with Crippen molar-refractivity contribution in [3.8, 4) is 0 Å². The van der Waals surface area contributed by atoms with Crippen LogP contribution >= 0.6 is 11.3 Å². The predicted octanol–water partition coefficient (Wildman–Crippen LogP) is 2.74. The number of thiazole rings is 1. The maximum Gasteiger partial charge on any atom is 0.326 e. The van der Waals surface area contributed by atoms with Gasteiger partial charge in [-0.15, -0.1) is 11.3 Å². The summed E-state index contributed by atoms with van der Waals surface area (Å²) in [4.78, 5) is 13.4. The predicted molar refractivity (Wildman–Crippen MR) is 79.8 cm³/mol. The van der Waals surface area contributed by atoms with E-state index in [1.807, 2.05) is 4.57 Å². The molecule has 0 spiro atoms. The lowest BCUT2D eigenvalue weighted by atomic mass is 9.73. The highest BCUT2D eigenvalue weighted by Gasteiger charge is 2.31. The van der Waals surface area contributed by atoms with Gasteiger partial charge in [0.05, 0.1) is 6.61 Å². The second kappa shape index (κ2) is 5.72. The zero-order valence-electron chi connectivity index (χ0n) is 12.8. The Balaban J connectivity index is 2.22. The molecule has 1 N–H and O–H groups in total. The highest BCUT2D eigenvalue weighted by atomic mass is 32.1. The maximum atomic E-state index is 11.7. The molecule has 0 unspecified atom stereocenters. The minimum atomic E-state index is -0.246. The lowest BCUT2D eigenvalue weighted by Crippen LogP contribution is -2.29. The van der Waals surface area contributed by atoms with Crippen LogP contribution in [0.5, 0.6) is 0 Å². The van der Waals surface area contributed by atoms with Crippen LogP contribution < -0.4 is 4.80 Å². The van der Waals surface area contributed by atoms with E-state index >= 15 is 0 Å². The van der Waals surface area contributed by atoms with Crippen molar-refractivity contribution >= 4 is 17.3 Å².